The Labute approximate surface area is 179 Å². The number of nitrogens with zero attached hydrogens (tertiary/aromatic N) is 2. The predicted octanol–water partition coefficient (Wildman–Crippen LogP) is 4.06. The molecular formula is C23H34N4O3. The van der Waals surface area contributed by atoms with E-state index < -0.39 is 0 Å². The fourth-order valence-corrected chi connectivity index (χ4v) is 2.68. The van der Waals surface area contributed by atoms with Crippen LogP contribution >= 0.6 is 0 Å². The molecule has 0 spiro atoms. The average molecular weight is 415 g/mol. The Kier molecular flexibility index (Phi) is 7.65. The standard InChI is InChI=1S/C23H34N4O3/c1-15(2)16(3)24-21(28)12-13-22(29)25-20-14-19(23(4,5)6)26-27(20)17-8-10-18(30-7)11-9-17/h8-11,14-16H,12-13H2,1-7H3,(H,24,28)(H,25,29). The van der Waals surface area contributed by atoms with Crippen molar-refractivity contribution in [1.82, 2.24) is 15.1 Å². The number of ether oxygens (including phenoxy) is 1. The van der Waals surface area contributed by atoms with Gasteiger partial charge in [-0.15, -0.1) is 0 Å². The third-order valence-corrected chi connectivity index (χ3v) is 5.03. The molecule has 0 radical (unpaired) electrons. The third kappa shape index (κ3) is 6.34. The van der Waals surface area contributed by atoms with E-state index >= 15 is 0 Å². The van der Waals surface area contributed by atoms with Gasteiger partial charge in [-0.1, -0.05) is 34.6 Å². The number of aromatic nitrogens is 2. The molecule has 2 N–H and O–H groups in total. The summed E-state index contributed by atoms with van der Waals surface area (Å²) in [6.07, 6.45) is 0.251. The molecule has 7 heteroatoms. The Morgan fingerprint density at radius 3 is 2.20 bits per heavy atom. The van der Waals surface area contributed by atoms with Gasteiger partial charge >= 0.3 is 0 Å². The zero-order valence-electron chi connectivity index (χ0n) is 19.1. The Morgan fingerprint density at radius 2 is 1.67 bits per heavy atom. The van der Waals surface area contributed by atoms with Crippen molar-refractivity contribution in [2.45, 2.75) is 65.8 Å². The minimum absolute atomic E-state index is 0.0754. The molecule has 1 heterocycles. The zero-order chi connectivity index (χ0) is 22.5. The van der Waals surface area contributed by atoms with Crippen LogP contribution < -0.4 is 15.4 Å². The summed E-state index contributed by atoms with van der Waals surface area (Å²) in [5, 5.41) is 10.5. The monoisotopic (exact) mass is 414 g/mol. The molecule has 1 unspecified atom stereocenters. The summed E-state index contributed by atoms with van der Waals surface area (Å²) < 4.78 is 6.93. The van der Waals surface area contributed by atoms with Crippen molar-refractivity contribution in [3.05, 3.63) is 36.0 Å². The number of anilines is 1. The predicted molar refractivity (Wildman–Crippen MR) is 119 cm³/mol. The van der Waals surface area contributed by atoms with E-state index in [1.165, 1.54) is 0 Å². The van der Waals surface area contributed by atoms with Gasteiger partial charge in [0.25, 0.3) is 0 Å². The molecule has 0 aliphatic rings. The summed E-state index contributed by atoms with van der Waals surface area (Å²) in [5.41, 5.74) is 1.49. The van der Waals surface area contributed by atoms with Gasteiger partial charge in [-0.25, -0.2) is 4.68 Å². The van der Waals surface area contributed by atoms with Gasteiger partial charge in [0.1, 0.15) is 11.6 Å². The molecule has 0 saturated carbocycles. The molecule has 0 aliphatic carbocycles. The van der Waals surface area contributed by atoms with Crippen LogP contribution in [0.15, 0.2) is 30.3 Å². The van der Waals surface area contributed by atoms with Crippen LogP contribution in [-0.4, -0.2) is 34.7 Å². The quantitative estimate of drug-likeness (QED) is 0.682. The number of rotatable bonds is 8. The number of hydrogen-bond acceptors (Lipinski definition) is 4. The summed E-state index contributed by atoms with van der Waals surface area (Å²) in [6, 6.07) is 9.41. The van der Waals surface area contributed by atoms with E-state index in [1.807, 2.05) is 51.1 Å². The van der Waals surface area contributed by atoms with Crippen molar-refractivity contribution in [1.29, 1.82) is 0 Å². The molecule has 1 aromatic carbocycles. The molecule has 1 atom stereocenters. The maximum Gasteiger partial charge on any atom is 0.226 e. The lowest BCUT2D eigenvalue weighted by molar-refractivity contribution is -0.125. The Morgan fingerprint density at radius 1 is 1.07 bits per heavy atom. The lowest BCUT2D eigenvalue weighted by Crippen LogP contribution is -2.36. The molecule has 2 amide bonds. The van der Waals surface area contributed by atoms with Gasteiger partial charge in [0.05, 0.1) is 18.5 Å². The van der Waals surface area contributed by atoms with Crippen molar-refractivity contribution < 1.29 is 14.3 Å². The first-order chi connectivity index (χ1) is 14.0. The number of carbonyl (C=O) groups excluding carboxylic acids is 2. The molecule has 0 fully saturated rings. The van der Waals surface area contributed by atoms with Crippen molar-refractivity contribution >= 4 is 17.6 Å². The minimum atomic E-state index is -0.225. The maximum absolute atomic E-state index is 12.5. The van der Waals surface area contributed by atoms with E-state index in [9.17, 15) is 9.59 Å². The molecule has 1 aromatic heterocycles. The lowest BCUT2D eigenvalue weighted by atomic mass is 9.92. The van der Waals surface area contributed by atoms with Gasteiger partial charge in [-0.3, -0.25) is 9.59 Å². The molecule has 2 aromatic rings. The van der Waals surface area contributed by atoms with Crippen LogP contribution in [0.2, 0.25) is 0 Å². The van der Waals surface area contributed by atoms with Crippen LogP contribution in [0.5, 0.6) is 5.75 Å². The number of benzene rings is 1. The van der Waals surface area contributed by atoms with Gasteiger partial charge in [0, 0.05) is 30.4 Å². The largest absolute Gasteiger partial charge is 0.497 e. The number of methoxy groups -OCH3 is 1. The Bertz CT molecular complexity index is 864. The molecule has 0 saturated heterocycles. The highest BCUT2D eigenvalue weighted by Gasteiger charge is 2.22. The van der Waals surface area contributed by atoms with Crippen molar-refractivity contribution in [2.24, 2.45) is 5.92 Å². The Balaban J connectivity index is 2.14. The molecule has 30 heavy (non-hydrogen) atoms. The van der Waals surface area contributed by atoms with Crippen LogP contribution in [0.25, 0.3) is 5.69 Å². The number of amides is 2. The van der Waals surface area contributed by atoms with E-state index in [1.54, 1.807) is 11.8 Å². The van der Waals surface area contributed by atoms with E-state index in [4.69, 9.17) is 9.84 Å². The van der Waals surface area contributed by atoms with Crippen LogP contribution in [0.3, 0.4) is 0 Å². The van der Waals surface area contributed by atoms with Gasteiger partial charge in [-0.2, -0.15) is 5.10 Å². The van der Waals surface area contributed by atoms with Gasteiger partial charge in [0.15, 0.2) is 0 Å². The van der Waals surface area contributed by atoms with E-state index in [-0.39, 0.29) is 36.1 Å². The highest BCUT2D eigenvalue weighted by molar-refractivity contribution is 5.93. The first-order valence-corrected chi connectivity index (χ1v) is 10.4. The van der Waals surface area contributed by atoms with E-state index in [0.717, 1.165) is 17.1 Å². The molecule has 2 rings (SSSR count). The topological polar surface area (TPSA) is 85.2 Å². The van der Waals surface area contributed by atoms with Crippen LogP contribution in [0, 0.1) is 5.92 Å². The third-order valence-electron chi connectivity index (χ3n) is 5.03. The molecule has 0 bridgehead atoms. The molecular weight excluding hydrogens is 380 g/mol. The van der Waals surface area contributed by atoms with Crippen molar-refractivity contribution in [2.75, 3.05) is 12.4 Å². The SMILES string of the molecule is COc1ccc(-n2nc(C(C)(C)C)cc2NC(=O)CCC(=O)NC(C)C(C)C)cc1. The minimum Gasteiger partial charge on any atom is -0.497 e. The normalized spacial score (nSPS) is 12.5. The van der Waals surface area contributed by atoms with E-state index in [2.05, 4.69) is 31.4 Å². The van der Waals surface area contributed by atoms with E-state index in [0.29, 0.717) is 11.7 Å². The summed E-state index contributed by atoms with van der Waals surface area (Å²) in [6.45, 7) is 12.3. The molecule has 164 valence electrons. The second-order valence-electron chi connectivity index (χ2n) is 8.92. The fourth-order valence-electron chi connectivity index (χ4n) is 2.68. The second kappa shape index (κ2) is 9.78. The first-order valence-electron chi connectivity index (χ1n) is 10.4. The Hall–Kier alpha value is -2.83. The van der Waals surface area contributed by atoms with Crippen molar-refractivity contribution in [3.63, 3.8) is 0 Å². The molecule has 0 aliphatic heterocycles. The van der Waals surface area contributed by atoms with Gasteiger partial charge in [-0.05, 0) is 37.1 Å². The number of carbonyl (C=O) groups is 2. The van der Waals surface area contributed by atoms with Crippen LogP contribution in [0.4, 0.5) is 5.82 Å². The fraction of sp³-hybridized carbons (Fsp3) is 0.522. The van der Waals surface area contributed by atoms with Gasteiger partial charge < -0.3 is 15.4 Å². The summed E-state index contributed by atoms with van der Waals surface area (Å²) in [5.74, 6) is 1.32. The smallest absolute Gasteiger partial charge is 0.226 e. The highest BCUT2D eigenvalue weighted by atomic mass is 16.5. The zero-order valence-corrected chi connectivity index (χ0v) is 19.1. The molecule has 7 nitrogen and oxygen atoms in total. The summed E-state index contributed by atoms with van der Waals surface area (Å²) >= 11 is 0. The summed E-state index contributed by atoms with van der Waals surface area (Å²) in [7, 11) is 1.62. The maximum atomic E-state index is 12.5. The average Bonchev–Trinajstić information content (AvgIpc) is 3.10. The summed E-state index contributed by atoms with van der Waals surface area (Å²) in [4.78, 5) is 24.6. The lowest BCUT2D eigenvalue weighted by Gasteiger charge is -2.17. The second-order valence-corrected chi connectivity index (χ2v) is 8.92. The number of nitrogens with one attached hydrogen (secondary N) is 2. The van der Waals surface area contributed by atoms with Crippen LogP contribution in [-0.2, 0) is 15.0 Å². The van der Waals surface area contributed by atoms with Crippen molar-refractivity contribution in [3.8, 4) is 11.4 Å². The van der Waals surface area contributed by atoms with Gasteiger partial charge in [0.2, 0.25) is 11.8 Å². The van der Waals surface area contributed by atoms with Crippen LogP contribution in [0.1, 0.15) is 60.1 Å². The number of hydrogen-bond donors (Lipinski definition) is 2. The highest BCUT2D eigenvalue weighted by Crippen LogP contribution is 2.27. The first kappa shape index (κ1) is 23.4.